The molecule has 2 aliphatic carbocycles. The first kappa shape index (κ1) is 13.4. The molecule has 3 heteroatoms. The number of likely N-dealkylation sites (tertiary alicyclic amines) is 1. The van der Waals surface area contributed by atoms with E-state index in [1.165, 1.54) is 32.1 Å². The third kappa shape index (κ3) is 2.67. The van der Waals surface area contributed by atoms with Crippen LogP contribution in [0, 0.1) is 23.7 Å². The number of hydrogen-bond acceptors (Lipinski definition) is 2. The highest BCUT2D eigenvalue weighted by atomic mass is 16.2. The van der Waals surface area contributed by atoms with Gasteiger partial charge in [0.15, 0.2) is 0 Å². The maximum atomic E-state index is 12.7. The molecule has 1 aliphatic heterocycles. The van der Waals surface area contributed by atoms with Gasteiger partial charge in [0.25, 0.3) is 0 Å². The Bertz CT molecular complexity index is 330. The van der Waals surface area contributed by atoms with Crippen molar-refractivity contribution < 1.29 is 4.79 Å². The van der Waals surface area contributed by atoms with Gasteiger partial charge >= 0.3 is 0 Å². The summed E-state index contributed by atoms with van der Waals surface area (Å²) in [6.45, 7) is 4.24. The van der Waals surface area contributed by atoms with Crippen LogP contribution in [0.2, 0.25) is 0 Å². The summed E-state index contributed by atoms with van der Waals surface area (Å²) in [6.07, 6.45) is 8.40. The summed E-state index contributed by atoms with van der Waals surface area (Å²) in [5.41, 5.74) is 6.32. The minimum absolute atomic E-state index is 0.278. The Hall–Kier alpha value is -0.570. The van der Waals surface area contributed by atoms with Crippen LogP contribution in [0.1, 0.15) is 51.9 Å². The number of nitrogens with two attached hydrogens (primary N) is 1. The number of piperidine rings is 1. The Morgan fingerprint density at radius 1 is 1.11 bits per heavy atom. The Morgan fingerprint density at radius 3 is 2.42 bits per heavy atom. The van der Waals surface area contributed by atoms with E-state index in [-0.39, 0.29) is 5.92 Å². The van der Waals surface area contributed by atoms with Crippen molar-refractivity contribution in [2.45, 2.75) is 57.9 Å². The zero-order valence-electron chi connectivity index (χ0n) is 12.2. The average molecular weight is 264 g/mol. The molecule has 0 aromatic heterocycles. The number of hydrogen-bond donors (Lipinski definition) is 1. The van der Waals surface area contributed by atoms with Crippen molar-refractivity contribution in [2.75, 3.05) is 13.1 Å². The fourth-order valence-electron chi connectivity index (χ4n) is 4.64. The van der Waals surface area contributed by atoms with Crippen molar-refractivity contribution in [1.82, 2.24) is 4.90 Å². The molecule has 3 rings (SSSR count). The van der Waals surface area contributed by atoms with Gasteiger partial charge in [-0.2, -0.15) is 0 Å². The van der Waals surface area contributed by atoms with Gasteiger partial charge in [-0.3, -0.25) is 4.79 Å². The average Bonchev–Trinajstić information content (AvgIpc) is 2.37. The molecular formula is C16H28N2O. The lowest BCUT2D eigenvalue weighted by Gasteiger charge is -2.45. The Kier molecular flexibility index (Phi) is 3.84. The van der Waals surface area contributed by atoms with E-state index in [2.05, 4.69) is 11.8 Å². The number of carbonyl (C=O) groups is 1. The van der Waals surface area contributed by atoms with Crippen LogP contribution in [0.3, 0.4) is 0 Å². The van der Waals surface area contributed by atoms with Crippen LogP contribution < -0.4 is 5.73 Å². The van der Waals surface area contributed by atoms with Gasteiger partial charge < -0.3 is 10.6 Å². The van der Waals surface area contributed by atoms with E-state index in [0.29, 0.717) is 29.7 Å². The fourth-order valence-corrected chi connectivity index (χ4v) is 4.64. The summed E-state index contributed by atoms with van der Waals surface area (Å²) < 4.78 is 0. The Morgan fingerprint density at radius 2 is 1.79 bits per heavy atom. The second kappa shape index (κ2) is 5.43. The largest absolute Gasteiger partial charge is 0.342 e. The highest BCUT2D eigenvalue weighted by Gasteiger charge is 2.41. The molecule has 0 aromatic rings. The van der Waals surface area contributed by atoms with Crippen molar-refractivity contribution in [3.8, 4) is 0 Å². The molecule has 3 fully saturated rings. The van der Waals surface area contributed by atoms with E-state index in [9.17, 15) is 4.79 Å². The summed E-state index contributed by atoms with van der Waals surface area (Å²) in [5.74, 6) is 2.63. The molecule has 2 N–H and O–H groups in total. The van der Waals surface area contributed by atoms with Crippen molar-refractivity contribution in [1.29, 1.82) is 0 Å². The highest BCUT2D eigenvalue weighted by Crippen LogP contribution is 2.42. The van der Waals surface area contributed by atoms with Crippen LogP contribution in [-0.2, 0) is 4.79 Å². The molecule has 3 unspecified atom stereocenters. The lowest BCUT2D eigenvalue weighted by molar-refractivity contribution is -0.140. The lowest BCUT2D eigenvalue weighted by Crippen LogP contribution is -2.50. The molecule has 0 radical (unpaired) electrons. The first-order valence-electron chi connectivity index (χ1n) is 8.19. The summed E-state index contributed by atoms with van der Waals surface area (Å²) in [4.78, 5) is 14.9. The first-order valence-corrected chi connectivity index (χ1v) is 8.19. The van der Waals surface area contributed by atoms with Crippen molar-refractivity contribution in [2.24, 2.45) is 29.4 Å². The first-order chi connectivity index (χ1) is 9.15. The number of amides is 1. The summed E-state index contributed by atoms with van der Waals surface area (Å²) in [5, 5.41) is 0. The molecule has 3 aliphatic rings. The second-order valence-electron chi connectivity index (χ2n) is 7.23. The lowest BCUT2D eigenvalue weighted by atomic mass is 9.65. The van der Waals surface area contributed by atoms with Crippen molar-refractivity contribution in [3.63, 3.8) is 0 Å². The van der Waals surface area contributed by atoms with Gasteiger partial charge in [-0.15, -0.1) is 0 Å². The maximum absolute atomic E-state index is 12.7. The predicted molar refractivity (Wildman–Crippen MR) is 76.5 cm³/mol. The number of carbonyl (C=O) groups excluding carboxylic acids is 1. The Labute approximate surface area is 116 Å². The molecule has 3 atom stereocenters. The van der Waals surface area contributed by atoms with Crippen LogP contribution in [-0.4, -0.2) is 29.9 Å². The number of rotatable bonds is 1. The van der Waals surface area contributed by atoms with Crippen LogP contribution in [0.25, 0.3) is 0 Å². The summed E-state index contributed by atoms with van der Waals surface area (Å²) in [7, 11) is 0. The third-order valence-corrected chi connectivity index (χ3v) is 5.73. The molecule has 0 aromatic carbocycles. The summed E-state index contributed by atoms with van der Waals surface area (Å²) >= 11 is 0. The van der Waals surface area contributed by atoms with Gasteiger partial charge in [0.1, 0.15) is 0 Å². The van der Waals surface area contributed by atoms with Crippen molar-refractivity contribution in [3.05, 3.63) is 0 Å². The quantitative estimate of drug-likeness (QED) is 0.790. The van der Waals surface area contributed by atoms with Crippen LogP contribution in [0.5, 0.6) is 0 Å². The molecule has 1 heterocycles. The summed E-state index contributed by atoms with van der Waals surface area (Å²) in [6, 6.07) is 0.373. The predicted octanol–water partition coefficient (Wildman–Crippen LogP) is 2.40. The second-order valence-corrected chi connectivity index (χ2v) is 7.23. The minimum Gasteiger partial charge on any atom is -0.342 e. The van der Waals surface area contributed by atoms with E-state index >= 15 is 0 Å². The van der Waals surface area contributed by atoms with E-state index < -0.39 is 0 Å². The molecular weight excluding hydrogens is 236 g/mol. The topological polar surface area (TPSA) is 46.3 Å². The molecule has 1 amide bonds. The zero-order chi connectivity index (χ0) is 13.4. The zero-order valence-corrected chi connectivity index (χ0v) is 12.2. The van der Waals surface area contributed by atoms with Gasteiger partial charge in [0.05, 0.1) is 0 Å². The van der Waals surface area contributed by atoms with Crippen LogP contribution in [0.15, 0.2) is 0 Å². The van der Waals surface area contributed by atoms with E-state index in [1.807, 2.05) is 0 Å². The third-order valence-electron chi connectivity index (χ3n) is 5.73. The van der Waals surface area contributed by atoms with E-state index in [4.69, 9.17) is 5.73 Å². The maximum Gasteiger partial charge on any atom is 0.225 e. The van der Waals surface area contributed by atoms with Gasteiger partial charge in [-0.25, -0.2) is 0 Å². The fraction of sp³-hybridized carbons (Fsp3) is 0.938. The van der Waals surface area contributed by atoms with Gasteiger partial charge in [0.2, 0.25) is 5.91 Å². The molecule has 19 heavy (non-hydrogen) atoms. The van der Waals surface area contributed by atoms with Gasteiger partial charge in [0, 0.05) is 25.0 Å². The van der Waals surface area contributed by atoms with Crippen molar-refractivity contribution >= 4 is 5.91 Å². The minimum atomic E-state index is 0.278. The standard InChI is InChI=1S/C16H28N2O/c1-11-4-3-7-18(10-11)16(19)14-8-12-5-2-6-13(9-14)15(12)17/h11-15H,2-10,17H2,1H3. The SMILES string of the molecule is CC1CCCN(C(=O)C2CC3CCCC(C2)C3N)C1. The molecule has 2 bridgehead atoms. The smallest absolute Gasteiger partial charge is 0.225 e. The number of fused-ring (bicyclic) bond motifs is 2. The normalized spacial score (nSPS) is 43.1. The van der Waals surface area contributed by atoms with Crippen LogP contribution >= 0.6 is 0 Å². The van der Waals surface area contributed by atoms with Crippen LogP contribution in [0.4, 0.5) is 0 Å². The highest BCUT2D eigenvalue weighted by molar-refractivity contribution is 5.79. The monoisotopic (exact) mass is 264 g/mol. The van der Waals surface area contributed by atoms with E-state index in [1.54, 1.807) is 0 Å². The molecule has 0 spiro atoms. The Balaban J connectivity index is 1.64. The van der Waals surface area contributed by atoms with Gasteiger partial charge in [-0.1, -0.05) is 13.3 Å². The molecule has 1 saturated heterocycles. The molecule has 2 saturated carbocycles. The molecule has 108 valence electrons. The van der Waals surface area contributed by atoms with Gasteiger partial charge in [-0.05, 0) is 56.3 Å². The molecule has 3 nitrogen and oxygen atoms in total. The number of nitrogens with zero attached hydrogens (tertiary/aromatic N) is 1. The van der Waals surface area contributed by atoms with E-state index in [0.717, 1.165) is 25.9 Å².